The molecule has 1 N–H and O–H groups in total. The van der Waals surface area contributed by atoms with Crippen LogP contribution in [0.1, 0.15) is 51.0 Å². The summed E-state index contributed by atoms with van der Waals surface area (Å²) in [4.78, 5) is 17.0. The zero-order valence-corrected chi connectivity index (χ0v) is 16.1. The molecule has 1 aromatic carbocycles. The number of carbonyl (C=O) groups excluding carboxylic acids is 1. The van der Waals surface area contributed by atoms with Crippen molar-refractivity contribution in [2.24, 2.45) is 0 Å². The lowest BCUT2D eigenvalue weighted by Gasteiger charge is -2.40. The molecule has 0 aliphatic carbocycles. The van der Waals surface area contributed by atoms with E-state index in [2.05, 4.69) is 16.7 Å². The maximum Gasteiger partial charge on any atom is 0.236 e. The predicted molar refractivity (Wildman–Crippen MR) is 102 cm³/mol. The highest BCUT2D eigenvalue weighted by Gasteiger charge is 2.35. The lowest BCUT2D eigenvalue weighted by atomic mass is 9.84. The van der Waals surface area contributed by atoms with Crippen molar-refractivity contribution < 1.29 is 14.6 Å². The van der Waals surface area contributed by atoms with Crippen LogP contribution in [0.3, 0.4) is 0 Å². The number of hydrogen-bond donors (Lipinski definition) is 1. The maximum atomic E-state index is 12.7. The zero-order chi connectivity index (χ0) is 18.6. The fourth-order valence-electron chi connectivity index (χ4n) is 4.31. The first-order valence-corrected chi connectivity index (χ1v) is 9.94. The van der Waals surface area contributed by atoms with E-state index in [0.717, 1.165) is 50.2 Å². The summed E-state index contributed by atoms with van der Waals surface area (Å²) in [5.74, 6) is 1.05. The Hall–Kier alpha value is -1.59. The summed E-state index contributed by atoms with van der Waals surface area (Å²) >= 11 is 0. The second kappa shape index (κ2) is 8.40. The van der Waals surface area contributed by atoms with Crippen molar-refractivity contribution in [3.8, 4) is 5.75 Å². The smallest absolute Gasteiger partial charge is 0.236 e. The number of carbonyl (C=O) groups is 1. The molecule has 2 aliphatic heterocycles. The summed E-state index contributed by atoms with van der Waals surface area (Å²) in [5, 5.41) is 11.0. The van der Waals surface area contributed by atoms with Crippen LogP contribution in [-0.2, 0) is 10.4 Å². The number of ether oxygens (including phenoxy) is 1. The van der Waals surface area contributed by atoms with Crippen molar-refractivity contribution in [1.82, 2.24) is 9.80 Å². The quantitative estimate of drug-likeness (QED) is 0.877. The molecule has 26 heavy (non-hydrogen) atoms. The highest BCUT2D eigenvalue weighted by Crippen LogP contribution is 2.33. The van der Waals surface area contributed by atoms with E-state index in [9.17, 15) is 9.90 Å². The molecule has 2 aliphatic rings. The van der Waals surface area contributed by atoms with Gasteiger partial charge in [-0.1, -0.05) is 19.1 Å². The molecule has 0 spiro atoms. The standard InChI is InChI=1S/C21H32N2O3/c1-3-18-6-4-5-13-23(18)20(24)16-22-14-11-21(25,12-15-22)17-7-9-19(26-2)10-8-17/h7-10,18,25H,3-6,11-16H2,1-2H3. The minimum Gasteiger partial charge on any atom is -0.497 e. The molecule has 0 saturated carbocycles. The molecule has 0 aromatic heterocycles. The van der Waals surface area contributed by atoms with Crippen molar-refractivity contribution >= 4 is 5.91 Å². The van der Waals surface area contributed by atoms with Gasteiger partial charge in [0.15, 0.2) is 0 Å². The Morgan fingerprint density at radius 1 is 1.19 bits per heavy atom. The topological polar surface area (TPSA) is 53.0 Å². The summed E-state index contributed by atoms with van der Waals surface area (Å²) in [5.41, 5.74) is 0.134. The number of amides is 1. The van der Waals surface area contributed by atoms with Crippen LogP contribution in [-0.4, -0.2) is 60.1 Å². The number of hydrogen-bond acceptors (Lipinski definition) is 4. The Labute approximate surface area is 156 Å². The Morgan fingerprint density at radius 2 is 1.88 bits per heavy atom. The molecular formula is C21H32N2O3. The van der Waals surface area contributed by atoms with Crippen LogP contribution < -0.4 is 4.74 Å². The number of aliphatic hydroxyl groups is 1. The van der Waals surface area contributed by atoms with E-state index in [1.165, 1.54) is 6.42 Å². The average Bonchev–Trinajstić information content (AvgIpc) is 2.69. The van der Waals surface area contributed by atoms with Crippen LogP contribution in [0, 0.1) is 0 Å². The highest BCUT2D eigenvalue weighted by atomic mass is 16.5. The molecule has 1 atom stereocenters. The van der Waals surface area contributed by atoms with Crippen LogP contribution in [0.2, 0.25) is 0 Å². The lowest BCUT2D eigenvalue weighted by molar-refractivity contribution is -0.137. The molecular weight excluding hydrogens is 328 g/mol. The van der Waals surface area contributed by atoms with E-state index in [-0.39, 0.29) is 5.91 Å². The highest BCUT2D eigenvalue weighted by molar-refractivity contribution is 5.78. The first-order valence-electron chi connectivity index (χ1n) is 9.94. The van der Waals surface area contributed by atoms with Crippen LogP contribution in [0.25, 0.3) is 0 Å². The number of methoxy groups -OCH3 is 1. The summed E-state index contributed by atoms with van der Waals surface area (Å²) in [6, 6.07) is 8.09. The summed E-state index contributed by atoms with van der Waals surface area (Å²) in [6.07, 6.45) is 5.86. The van der Waals surface area contributed by atoms with Gasteiger partial charge in [0.05, 0.1) is 19.3 Å². The molecule has 2 fully saturated rings. The van der Waals surface area contributed by atoms with E-state index in [0.29, 0.717) is 25.4 Å². The van der Waals surface area contributed by atoms with Gasteiger partial charge < -0.3 is 14.7 Å². The van der Waals surface area contributed by atoms with Gasteiger partial charge in [-0.25, -0.2) is 0 Å². The molecule has 5 nitrogen and oxygen atoms in total. The minimum absolute atomic E-state index is 0.256. The first-order chi connectivity index (χ1) is 12.6. The third kappa shape index (κ3) is 4.21. The number of piperidine rings is 2. The molecule has 2 heterocycles. The van der Waals surface area contributed by atoms with Gasteiger partial charge in [-0.05, 0) is 56.2 Å². The Kier molecular flexibility index (Phi) is 6.20. The van der Waals surface area contributed by atoms with Gasteiger partial charge in [0.2, 0.25) is 5.91 Å². The van der Waals surface area contributed by atoms with Gasteiger partial charge in [-0.3, -0.25) is 9.69 Å². The number of likely N-dealkylation sites (tertiary alicyclic amines) is 2. The van der Waals surface area contributed by atoms with E-state index in [1.54, 1.807) is 7.11 Å². The van der Waals surface area contributed by atoms with E-state index in [1.807, 2.05) is 24.3 Å². The summed E-state index contributed by atoms with van der Waals surface area (Å²) in [7, 11) is 1.64. The number of rotatable bonds is 5. The molecule has 1 aromatic rings. The minimum atomic E-state index is -0.803. The van der Waals surface area contributed by atoms with Gasteiger partial charge >= 0.3 is 0 Å². The fraction of sp³-hybridized carbons (Fsp3) is 0.667. The normalized spacial score (nSPS) is 23.7. The fourth-order valence-corrected chi connectivity index (χ4v) is 4.31. The van der Waals surface area contributed by atoms with Crippen LogP contribution in [0.5, 0.6) is 5.75 Å². The third-order valence-corrected chi connectivity index (χ3v) is 6.09. The van der Waals surface area contributed by atoms with Crippen molar-refractivity contribution in [1.29, 1.82) is 0 Å². The second-order valence-corrected chi connectivity index (χ2v) is 7.68. The van der Waals surface area contributed by atoms with Gasteiger partial charge in [0, 0.05) is 25.7 Å². The molecule has 144 valence electrons. The van der Waals surface area contributed by atoms with Crippen molar-refractivity contribution in [2.45, 2.75) is 57.1 Å². The van der Waals surface area contributed by atoms with Crippen molar-refractivity contribution in [2.75, 3.05) is 33.3 Å². The largest absolute Gasteiger partial charge is 0.497 e. The van der Waals surface area contributed by atoms with Gasteiger partial charge in [-0.15, -0.1) is 0 Å². The zero-order valence-electron chi connectivity index (χ0n) is 16.1. The lowest BCUT2D eigenvalue weighted by Crippen LogP contribution is -2.50. The molecule has 1 unspecified atom stereocenters. The van der Waals surface area contributed by atoms with Crippen LogP contribution in [0.4, 0.5) is 0 Å². The molecule has 5 heteroatoms. The van der Waals surface area contributed by atoms with Gasteiger partial charge in [0.1, 0.15) is 5.75 Å². The summed E-state index contributed by atoms with van der Waals surface area (Å²) < 4.78 is 5.19. The third-order valence-electron chi connectivity index (χ3n) is 6.09. The second-order valence-electron chi connectivity index (χ2n) is 7.68. The predicted octanol–water partition coefficient (Wildman–Crippen LogP) is 2.77. The molecule has 2 saturated heterocycles. The summed E-state index contributed by atoms with van der Waals surface area (Å²) in [6.45, 7) is 5.06. The first kappa shape index (κ1) is 19.2. The maximum absolute atomic E-state index is 12.7. The van der Waals surface area contributed by atoms with Crippen molar-refractivity contribution in [3.05, 3.63) is 29.8 Å². The van der Waals surface area contributed by atoms with E-state index in [4.69, 9.17) is 4.74 Å². The molecule has 0 radical (unpaired) electrons. The van der Waals surface area contributed by atoms with E-state index >= 15 is 0 Å². The van der Waals surface area contributed by atoms with Gasteiger partial charge in [0.25, 0.3) is 0 Å². The van der Waals surface area contributed by atoms with Crippen LogP contribution in [0.15, 0.2) is 24.3 Å². The van der Waals surface area contributed by atoms with Crippen molar-refractivity contribution in [3.63, 3.8) is 0 Å². The van der Waals surface area contributed by atoms with Gasteiger partial charge in [-0.2, -0.15) is 0 Å². The molecule has 3 rings (SSSR count). The molecule has 1 amide bonds. The average molecular weight is 360 g/mol. The van der Waals surface area contributed by atoms with E-state index < -0.39 is 5.60 Å². The van der Waals surface area contributed by atoms with Crippen LogP contribution >= 0.6 is 0 Å². The number of benzene rings is 1. The Morgan fingerprint density at radius 3 is 2.50 bits per heavy atom. The number of nitrogens with zero attached hydrogens (tertiary/aromatic N) is 2. The Balaban J connectivity index is 1.55. The SMILES string of the molecule is CCC1CCCCN1C(=O)CN1CCC(O)(c2ccc(OC)cc2)CC1. The monoisotopic (exact) mass is 360 g/mol. The Bertz CT molecular complexity index is 594. The molecule has 0 bridgehead atoms.